The van der Waals surface area contributed by atoms with E-state index >= 15 is 0 Å². The number of halogens is 1. The van der Waals surface area contributed by atoms with Crippen LogP contribution in [0.25, 0.3) is 6.08 Å². The smallest absolute Gasteiger partial charge is 0.246 e. The Bertz CT molecular complexity index is 705. The highest BCUT2D eigenvalue weighted by Gasteiger charge is 2.21. The van der Waals surface area contributed by atoms with Crippen LogP contribution >= 0.6 is 22.9 Å². The van der Waals surface area contributed by atoms with Gasteiger partial charge < -0.3 is 9.80 Å². The zero-order valence-corrected chi connectivity index (χ0v) is 14.3. The number of nitrogens with zero attached hydrogens (tertiary/aromatic N) is 4. The van der Waals surface area contributed by atoms with Crippen LogP contribution in [0.4, 0.5) is 5.13 Å². The highest BCUT2D eigenvalue weighted by Crippen LogP contribution is 2.20. The SMILES string of the molecule is Cc1nnc(N2CCN(C(=O)/C=C/c3ccc(Cl)cc3)CC2)s1. The molecule has 1 saturated heterocycles. The van der Waals surface area contributed by atoms with Crippen molar-refractivity contribution in [2.45, 2.75) is 6.92 Å². The summed E-state index contributed by atoms with van der Waals surface area (Å²) in [5, 5.41) is 10.8. The molecule has 1 aliphatic heterocycles. The van der Waals surface area contributed by atoms with Gasteiger partial charge in [-0.25, -0.2) is 0 Å². The van der Waals surface area contributed by atoms with Crippen LogP contribution in [-0.2, 0) is 4.79 Å². The average Bonchev–Trinajstić information content (AvgIpc) is 3.01. The zero-order chi connectivity index (χ0) is 16.2. The number of hydrogen-bond acceptors (Lipinski definition) is 5. The molecule has 0 atom stereocenters. The van der Waals surface area contributed by atoms with Gasteiger partial charge in [-0.2, -0.15) is 0 Å². The lowest BCUT2D eigenvalue weighted by Crippen LogP contribution is -2.48. The van der Waals surface area contributed by atoms with Gasteiger partial charge >= 0.3 is 0 Å². The lowest BCUT2D eigenvalue weighted by molar-refractivity contribution is -0.126. The second kappa shape index (κ2) is 7.10. The van der Waals surface area contributed by atoms with Crippen LogP contribution in [0.15, 0.2) is 30.3 Å². The van der Waals surface area contributed by atoms with E-state index in [2.05, 4.69) is 15.1 Å². The van der Waals surface area contributed by atoms with Crippen LogP contribution < -0.4 is 4.90 Å². The van der Waals surface area contributed by atoms with Crippen LogP contribution in [0.5, 0.6) is 0 Å². The monoisotopic (exact) mass is 348 g/mol. The van der Waals surface area contributed by atoms with Crippen LogP contribution in [-0.4, -0.2) is 47.2 Å². The minimum absolute atomic E-state index is 0.0352. The van der Waals surface area contributed by atoms with Crippen molar-refractivity contribution in [3.63, 3.8) is 0 Å². The highest BCUT2D eigenvalue weighted by molar-refractivity contribution is 7.15. The van der Waals surface area contributed by atoms with Gasteiger partial charge in [0.1, 0.15) is 5.01 Å². The van der Waals surface area contributed by atoms with Crippen molar-refractivity contribution in [1.29, 1.82) is 0 Å². The number of aromatic nitrogens is 2. The largest absolute Gasteiger partial charge is 0.343 e. The molecule has 2 heterocycles. The van der Waals surface area contributed by atoms with Crippen LogP contribution in [0.1, 0.15) is 10.6 Å². The molecule has 5 nitrogen and oxygen atoms in total. The third-order valence-corrected chi connectivity index (χ3v) is 4.82. The fourth-order valence-corrected chi connectivity index (χ4v) is 3.24. The molecular formula is C16H17ClN4OS. The van der Waals surface area contributed by atoms with Gasteiger partial charge in [-0.15, -0.1) is 10.2 Å². The van der Waals surface area contributed by atoms with Gasteiger partial charge in [-0.3, -0.25) is 4.79 Å². The summed E-state index contributed by atoms with van der Waals surface area (Å²) in [6, 6.07) is 7.41. The molecule has 0 bridgehead atoms. The van der Waals surface area contributed by atoms with E-state index in [-0.39, 0.29) is 5.91 Å². The molecule has 3 rings (SSSR count). The Morgan fingerprint density at radius 1 is 1.17 bits per heavy atom. The van der Waals surface area contributed by atoms with Crippen molar-refractivity contribution in [2.75, 3.05) is 31.1 Å². The lowest BCUT2D eigenvalue weighted by atomic mass is 10.2. The molecular weight excluding hydrogens is 332 g/mol. The summed E-state index contributed by atoms with van der Waals surface area (Å²) in [5.41, 5.74) is 0.964. The molecule has 23 heavy (non-hydrogen) atoms. The number of benzene rings is 1. The molecule has 0 N–H and O–H groups in total. The molecule has 7 heteroatoms. The quantitative estimate of drug-likeness (QED) is 0.800. The second-order valence-electron chi connectivity index (χ2n) is 5.30. The van der Waals surface area contributed by atoms with Crippen molar-refractivity contribution < 1.29 is 4.79 Å². The number of rotatable bonds is 3. The highest BCUT2D eigenvalue weighted by atomic mass is 35.5. The third kappa shape index (κ3) is 4.09. The van der Waals surface area contributed by atoms with Gasteiger partial charge in [0.25, 0.3) is 0 Å². The van der Waals surface area contributed by atoms with Crippen molar-refractivity contribution >= 4 is 40.1 Å². The number of carbonyl (C=O) groups excluding carboxylic acids is 1. The minimum atomic E-state index is 0.0352. The average molecular weight is 349 g/mol. The Hall–Kier alpha value is -1.92. The number of carbonyl (C=O) groups is 1. The number of hydrogen-bond donors (Lipinski definition) is 0. The standard InChI is InChI=1S/C16H17ClN4OS/c1-12-18-19-16(23-12)21-10-8-20(9-11-21)15(22)7-4-13-2-5-14(17)6-3-13/h2-7H,8-11H2,1H3/b7-4+. The molecule has 1 fully saturated rings. The van der Waals surface area contributed by atoms with E-state index in [9.17, 15) is 4.79 Å². The van der Waals surface area contributed by atoms with E-state index in [0.29, 0.717) is 18.1 Å². The van der Waals surface area contributed by atoms with Gasteiger partial charge in [0.05, 0.1) is 0 Å². The maximum Gasteiger partial charge on any atom is 0.246 e. The number of amides is 1. The van der Waals surface area contributed by atoms with Gasteiger partial charge in [-0.05, 0) is 30.7 Å². The predicted octanol–water partition coefficient (Wildman–Crippen LogP) is 2.86. The molecule has 0 saturated carbocycles. The van der Waals surface area contributed by atoms with E-state index in [1.54, 1.807) is 17.4 Å². The molecule has 0 spiro atoms. The molecule has 120 valence electrons. The Labute approximate surface area is 144 Å². The Kier molecular flexibility index (Phi) is 4.93. The summed E-state index contributed by atoms with van der Waals surface area (Å²) < 4.78 is 0. The predicted molar refractivity (Wildman–Crippen MR) is 93.9 cm³/mol. The van der Waals surface area contributed by atoms with Gasteiger partial charge in [0.15, 0.2) is 0 Å². The van der Waals surface area contributed by atoms with Crippen LogP contribution in [0.2, 0.25) is 5.02 Å². The van der Waals surface area contributed by atoms with Gasteiger partial charge in [-0.1, -0.05) is 35.1 Å². The molecule has 2 aromatic rings. The van der Waals surface area contributed by atoms with E-state index in [0.717, 1.165) is 28.8 Å². The first-order chi connectivity index (χ1) is 11.1. The second-order valence-corrected chi connectivity index (χ2v) is 6.90. The van der Waals surface area contributed by atoms with Gasteiger partial charge in [0.2, 0.25) is 11.0 Å². The third-order valence-electron chi connectivity index (χ3n) is 3.67. The topological polar surface area (TPSA) is 49.3 Å². The van der Waals surface area contributed by atoms with Crippen molar-refractivity contribution in [3.8, 4) is 0 Å². The molecule has 1 aromatic carbocycles. The summed E-state index contributed by atoms with van der Waals surface area (Å²) >= 11 is 7.44. The molecule has 1 aliphatic rings. The summed E-state index contributed by atoms with van der Waals surface area (Å²) in [7, 11) is 0. The van der Waals surface area contributed by atoms with Crippen molar-refractivity contribution in [3.05, 3.63) is 45.9 Å². The van der Waals surface area contributed by atoms with E-state index in [1.165, 1.54) is 0 Å². The Balaban J connectivity index is 1.54. The molecule has 0 unspecified atom stereocenters. The number of piperazine rings is 1. The summed E-state index contributed by atoms with van der Waals surface area (Å²) in [6.45, 7) is 4.91. The first-order valence-corrected chi connectivity index (χ1v) is 8.59. The first kappa shape index (κ1) is 16.0. The molecule has 0 aliphatic carbocycles. The normalized spacial score (nSPS) is 15.4. The van der Waals surface area contributed by atoms with E-state index < -0.39 is 0 Å². The Morgan fingerprint density at radius 2 is 1.87 bits per heavy atom. The van der Waals surface area contributed by atoms with E-state index in [4.69, 9.17) is 11.6 Å². The van der Waals surface area contributed by atoms with E-state index in [1.807, 2.05) is 42.2 Å². The number of anilines is 1. The lowest BCUT2D eigenvalue weighted by Gasteiger charge is -2.33. The maximum absolute atomic E-state index is 12.3. The fourth-order valence-electron chi connectivity index (χ4n) is 2.38. The molecule has 1 amide bonds. The fraction of sp³-hybridized carbons (Fsp3) is 0.312. The Morgan fingerprint density at radius 3 is 2.48 bits per heavy atom. The molecule has 1 aromatic heterocycles. The summed E-state index contributed by atoms with van der Waals surface area (Å²) in [5.74, 6) is 0.0352. The number of aryl methyl sites for hydroxylation is 1. The molecule has 0 radical (unpaired) electrons. The van der Waals surface area contributed by atoms with Crippen LogP contribution in [0, 0.1) is 6.92 Å². The first-order valence-electron chi connectivity index (χ1n) is 7.39. The summed E-state index contributed by atoms with van der Waals surface area (Å²) in [6.07, 6.45) is 3.44. The van der Waals surface area contributed by atoms with Gasteiger partial charge in [0, 0.05) is 37.3 Å². The minimum Gasteiger partial charge on any atom is -0.343 e. The van der Waals surface area contributed by atoms with Crippen molar-refractivity contribution in [1.82, 2.24) is 15.1 Å². The summed E-state index contributed by atoms with van der Waals surface area (Å²) in [4.78, 5) is 16.3. The van der Waals surface area contributed by atoms with Crippen LogP contribution in [0.3, 0.4) is 0 Å². The van der Waals surface area contributed by atoms with Crippen molar-refractivity contribution in [2.24, 2.45) is 0 Å². The maximum atomic E-state index is 12.3. The zero-order valence-electron chi connectivity index (χ0n) is 12.8.